The Morgan fingerprint density at radius 3 is 1.75 bits per heavy atom. The SMILES string of the molecule is COc1ccc(-c2c(C(=O)c3ccccc3)c(C(=O)c3ccccc3)cn2Cc2ccccc2)cc1. The molecule has 176 valence electrons. The molecular formula is C32H25NO3. The third kappa shape index (κ3) is 4.62. The van der Waals surface area contributed by atoms with Gasteiger partial charge in [0.2, 0.25) is 0 Å². The third-order valence-electron chi connectivity index (χ3n) is 6.18. The molecule has 0 N–H and O–H groups in total. The minimum atomic E-state index is -0.187. The van der Waals surface area contributed by atoms with Crippen molar-refractivity contribution in [2.24, 2.45) is 0 Å². The lowest BCUT2D eigenvalue weighted by molar-refractivity contribution is 0.100. The molecule has 0 aliphatic carbocycles. The zero-order valence-corrected chi connectivity index (χ0v) is 19.9. The first-order chi connectivity index (χ1) is 17.7. The second-order valence-corrected chi connectivity index (χ2v) is 8.50. The number of carbonyl (C=O) groups is 2. The lowest BCUT2D eigenvalue weighted by Crippen LogP contribution is -2.10. The van der Waals surface area contributed by atoms with Crippen molar-refractivity contribution >= 4 is 11.6 Å². The first-order valence-electron chi connectivity index (χ1n) is 11.8. The lowest BCUT2D eigenvalue weighted by Gasteiger charge is -2.13. The molecule has 0 spiro atoms. The molecule has 0 saturated heterocycles. The predicted molar refractivity (Wildman–Crippen MR) is 142 cm³/mol. The first kappa shape index (κ1) is 23.1. The van der Waals surface area contributed by atoms with E-state index in [1.807, 2.05) is 102 Å². The van der Waals surface area contributed by atoms with Gasteiger partial charge in [-0.2, -0.15) is 0 Å². The van der Waals surface area contributed by atoms with Crippen molar-refractivity contribution in [2.45, 2.75) is 6.54 Å². The van der Waals surface area contributed by atoms with Gasteiger partial charge < -0.3 is 9.30 Å². The van der Waals surface area contributed by atoms with E-state index in [2.05, 4.69) is 0 Å². The molecular weight excluding hydrogens is 446 g/mol. The van der Waals surface area contributed by atoms with Crippen molar-refractivity contribution in [3.05, 3.63) is 149 Å². The van der Waals surface area contributed by atoms with E-state index in [0.717, 1.165) is 16.9 Å². The van der Waals surface area contributed by atoms with E-state index in [0.29, 0.717) is 34.5 Å². The number of carbonyl (C=O) groups excluding carboxylic acids is 2. The molecule has 1 heterocycles. The summed E-state index contributed by atoms with van der Waals surface area (Å²) in [5.74, 6) is 0.348. The topological polar surface area (TPSA) is 48.3 Å². The van der Waals surface area contributed by atoms with Gasteiger partial charge in [0.25, 0.3) is 0 Å². The summed E-state index contributed by atoms with van der Waals surface area (Å²) < 4.78 is 7.35. The zero-order chi connectivity index (χ0) is 24.9. The van der Waals surface area contributed by atoms with Gasteiger partial charge in [-0.25, -0.2) is 0 Å². The number of hydrogen-bond donors (Lipinski definition) is 0. The van der Waals surface area contributed by atoms with Gasteiger partial charge in [-0.3, -0.25) is 9.59 Å². The number of hydrogen-bond acceptors (Lipinski definition) is 3. The van der Waals surface area contributed by atoms with Gasteiger partial charge >= 0.3 is 0 Å². The first-order valence-corrected chi connectivity index (χ1v) is 11.8. The lowest BCUT2D eigenvalue weighted by atomic mass is 9.93. The van der Waals surface area contributed by atoms with Crippen LogP contribution in [0.25, 0.3) is 11.3 Å². The number of ketones is 2. The van der Waals surface area contributed by atoms with Crippen LogP contribution in [0.15, 0.2) is 121 Å². The van der Waals surface area contributed by atoms with Crippen molar-refractivity contribution in [3.8, 4) is 17.0 Å². The Morgan fingerprint density at radius 1 is 0.667 bits per heavy atom. The maximum atomic E-state index is 14.0. The highest BCUT2D eigenvalue weighted by Gasteiger charge is 2.28. The smallest absolute Gasteiger partial charge is 0.195 e. The van der Waals surface area contributed by atoms with Crippen LogP contribution in [-0.4, -0.2) is 23.2 Å². The molecule has 0 unspecified atom stereocenters. The van der Waals surface area contributed by atoms with Crippen LogP contribution in [0, 0.1) is 0 Å². The minimum Gasteiger partial charge on any atom is -0.497 e. The summed E-state index contributed by atoms with van der Waals surface area (Å²) in [5.41, 5.74) is 4.46. The summed E-state index contributed by atoms with van der Waals surface area (Å²) in [6.07, 6.45) is 1.82. The van der Waals surface area contributed by atoms with Crippen LogP contribution in [0.2, 0.25) is 0 Å². The number of rotatable bonds is 8. The highest BCUT2D eigenvalue weighted by atomic mass is 16.5. The predicted octanol–water partition coefficient (Wildman–Crippen LogP) is 6.67. The number of benzene rings is 4. The third-order valence-corrected chi connectivity index (χ3v) is 6.18. The average Bonchev–Trinajstić information content (AvgIpc) is 3.32. The molecule has 0 radical (unpaired) electrons. The van der Waals surface area contributed by atoms with Gasteiger partial charge in [-0.1, -0.05) is 91.0 Å². The molecule has 5 aromatic rings. The van der Waals surface area contributed by atoms with Crippen LogP contribution in [0.3, 0.4) is 0 Å². The molecule has 4 heteroatoms. The van der Waals surface area contributed by atoms with Gasteiger partial charge in [-0.05, 0) is 35.4 Å². The van der Waals surface area contributed by atoms with Gasteiger partial charge in [0.05, 0.1) is 23.9 Å². The summed E-state index contributed by atoms with van der Waals surface area (Å²) in [6.45, 7) is 0.513. The molecule has 0 aliphatic rings. The molecule has 0 saturated carbocycles. The molecule has 36 heavy (non-hydrogen) atoms. The monoisotopic (exact) mass is 471 g/mol. The molecule has 0 fully saturated rings. The van der Waals surface area contributed by atoms with E-state index in [-0.39, 0.29) is 11.6 Å². The Hall–Kier alpha value is -4.70. The number of nitrogens with zero attached hydrogens (tertiary/aromatic N) is 1. The number of methoxy groups -OCH3 is 1. The quantitative estimate of drug-likeness (QED) is 0.237. The largest absolute Gasteiger partial charge is 0.497 e. The second-order valence-electron chi connectivity index (χ2n) is 8.50. The van der Waals surface area contributed by atoms with Crippen LogP contribution in [0.1, 0.15) is 37.4 Å². The zero-order valence-electron chi connectivity index (χ0n) is 19.9. The highest BCUT2D eigenvalue weighted by molar-refractivity contribution is 6.22. The number of ether oxygens (including phenoxy) is 1. The summed E-state index contributed by atoms with van der Waals surface area (Å²) in [7, 11) is 1.62. The Morgan fingerprint density at radius 2 is 1.19 bits per heavy atom. The van der Waals surface area contributed by atoms with Crippen LogP contribution in [0.5, 0.6) is 5.75 Å². The Balaban J connectivity index is 1.76. The van der Waals surface area contributed by atoms with E-state index in [9.17, 15) is 9.59 Å². The molecule has 1 aromatic heterocycles. The molecule has 4 aromatic carbocycles. The number of aromatic nitrogens is 1. The van der Waals surface area contributed by atoms with Gasteiger partial charge in [0.15, 0.2) is 11.6 Å². The van der Waals surface area contributed by atoms with Gasteiger partial charge in [-0.15, -0.1) is 0 Å². The molecule has 5 rings (SSSR count). The van der Waals surface area contributed by atoms with Crippen LogP contribution in [0.4, 0.5) is 0 Å². The fraction of sp³-hybridized carbons (Fsp3) is 0.0625. The van der Waals surface area contributed by atoms with E-state index < -0.39 is 0 Å². The molecule has 0 aliphatic heterocycles. The Kier molecular flexibility index (Phi) is 6.59. The maximum absolute atomic E-state index is 14.0. The van der Waals surface area contributed by atoms with Crippen molar-refractivity contribution in [3.63, 3.8) is 0 Å². The summed E-state index contributed by atoms with van der Waals surface area (Å²) in [4.78, 5) is 27.8. The summed E-state index contributed by atoms with van der Waals surface area (Å²) >= 11 is 0. The minimum absolute atomic E-state index is 0.184. The summed E-state index contributed by atoms with van der Waals surface area (Å²) in [5, 5.41) is 0. The molecule has 0 atom stereocenters. The van der Waals surface area contributed by atoms with Crippen LogP contribution in [-0.2, 0) is 6.54 Å². The maximum Gasteiger partial charge on any atom is 0.195 e. The van der Waals surface area contributed by atoms with Crippen molar-refractivity contribution in [1.82, 2.24) is 4.57 Å². The van der Waals surface area contributed by atoms with Crippen LogP contribution < -0.4 is 4.74 Å². The normalized spacial score (nSPS) is 10.7. The standard InChI is InChI=1S/C32H25NO3/c1-36-27-19-17-24(18-20-27)30-29(32(35)26-15-9-4-10-16-26)28(31(34)25-13-7-3-8-14-25)22-33(30)21-23-11-5-2-6-12-23/h2-20,22H,21H2,1H3. The highest BCUT2D eigenvalue weighted by Crippen LogP contribution is 2.33. The van der Waals surface area contributed by atoms with Crippen molar-refractivity contribution < 1.29 is 14.3 Å². The fourth-order valence-electron chi connectivity index (χ4n) is 4.40. The average molecular weight is 472 g/mol. The summed E-state index contributed by atoms with van der Waals surface area (Å²) in [6, 6.07) is 35.8. The fourth-order valence-corrected chi connectivity index (χ4v) is 4.40. The second kappa shape index (κ2) is 10.3. The molecule has 0 bridgehead atoms. The van der Waals surface area contributed by atoms with E-state index in [1.54, 1.807) is 31.4 Å². The van der Waals surface area contributed by atoms with Gasteiger partial charge in [0.1, 0.15) is 5.75 Å². The van der Waals surface area contributed by atoms with E-state index in [4.69, 9.17) is 4.74 Å². The Bertz CT molecular complexity index is 1490. The molecule has 0 amide bonds. The van der Waals surface area contributed by atoms with Crippen LogP contribution >= 0.6 is 0 Å². The van der Waals surface area contributed by atoms with Crippen molar-refractivity contribution in [1.29, 1.82) is 0 Å². The van der Waals surface area contributed by atoms with E-state index >= 15 is 0 Å². The molecule has 4 nitrogen and oxygen atoms in total. The van der Waals surface area contributed by atoms with Crippen molar-refractivity contribution in [2.75, 3.05) is 7.11 Å². The van der Waals surface area contributed by atoms with E-state index in [1.165, 1.54) is 0 Å². The van der Waals surface area contributed by atoms with Gasteiger partial charge in [0, 0.05) is 23.9 Å². The Labute approximate surface area is 210 Å².